The molecule has 2 aromatic rings. The number of amidine groups is 1. The smallest absolute Gasteiger partial charge is 0.146 e. The lowest BCUT2D eigenvalue weighted by Gasteiger charge is -2.19. The van der Waals surface area contributed by atoms with Gasteiger partial charge in [0.05, 0.1) is 17.9 Å². The Morgan fingerprint density at radius 2 is 1.72 bits per heavy atom. The van der Waals surface area contributed by atoms with Crippen LogP contribution in [0.2, 0.25) is 0 Å². The average Bonchev–Trinajstić information content (AvgIpc) is 2.91. The van der Waals surface area contributed by atoms with Crippen LogP contribution in [0.5, 0.6) is 0 Å². The number of hydrazine groups is 1. The first-order chi connectivity index (χ1) is 17.4. The van der Waals surface area contributed by atoms with Gasteiger partial charge in [-0.2, -0.15) is 0 Å². The number of aliphatic imine (C=N–C) groups is 1. The Balaban J connectivity index is 0.00000185. The lowest BCUT2D eigenvalue weighted by molar-refractivity contribution is 0.292. The highest BCUT2D eigenvalue weighted by Crippen LogP contribution is 2.23. The van der Waals surface area contributed by atoms with Gasteiger partial charge in [-0.05, 0) is 70.0 Å². The second-order valence-corrected chi connectivity index (χ2v) is 7.83. The van der Waals surface area contributed by atoms with Crippen molar-refractivity contribution in [3.05, 3.63) is 71.7 Å². The normalized spacial score (nSPS) is 11.6. The van der Waals surface area contributed by atoms with E-state index in [2.05, 4.69) is 58.4 Å². The van der Waals surface area contributed by atoms with Crippen LogP contribution in [0.4, 0.5) is 10.2 Å². The standard InChI is InChI=1S/C23H33FN6.C4H8.C2H6/c1-4-13-30(5-2)14-11-18-6-8-19(9-7-18)20-15-21(22(25)28-16-20)23(29-26)27-12-10-17(3)24;1-3-4-2;1-2/h6-10,15-16H,4-5,11-14,26H2,1-3H3,(H2,25,28)(H,27,29);3-4H,1-2H3;1-2H3/b17-10+;4-3-;. The van der Waals surface area contributed by atoms with Crippen molar-refractivity contribution in [1.29, 1.82) is 0 Å². The molecular formula is C29H47FN6. The molecule has 0 aliphatic carbocycles. The second kappa shape index (κ2) is 20.2. The zero-order valence-electron chi connectivity index (χ0n) is 23.3. The van der Waals surface area contributed by atoms with Gasteiger partial charge < -0.3 is 16.1 Å². The Bertz CT molecular complexity index is 927. The Labute approximate surface area is 218 Å². The minimum Gasteiger partial charge on any atom is -0.383 e. The van der Waals surface area contributed by atoms with Crippen molar-refractivity contribution in [2.24, 2.45) is 10.8 Å². The van der Waals surface area contributed by atoms with Crippen molar-refractivity contribution >= 4 is 11.7 Å². The minimum atomic E-state index is -0.299. The van der Waals surface area contributed by atoms with Gasteiger partial charge in [0, 0.05) is 18.3 Å². The minimum absolute atomic E-state index is 0.160. The molecule has 7 heteroatoms. The molecule has 0 bridgehead atoms. The number of nitrogen functional groups attached to an aromatic ring is 1. The molecule has 6 nitrogen and oxygen atoms in total. The van der Waals surface area contributed by atoms with Crippen molar-refractivity contribution in [2.45, 2.75) is 61.3 Å². The van der Waals surface area contributed by atoms with Crippen LogP contribution in [-0.4, -0.2) is 41.9 Å². The van der Waals surface area contributed by atoms with Crippen LogP contribution in [0.25, 0.3) is 11.1 Å². The zero-order chi connectivity index (χ0) is 27.3. The molecule has 0 aliphatic heterocycles. The highest BCUT2D eigenvalue weighted by molar-refractivity contribution is 6.03. The van der Waals surface area contributed by atoms with Gasteiger partial charge in [0.2, 0.25) is 0 Å². The maximum atomic E-state index is 12.9. The maximum Gasteiger partial charge on any atom is 0.146 e. The molecule has 0 fully saturated rings. The number of nitrogens with two attached hydrogens (primary N) is 2. The number of hydrogen-bond donors (Lipinski definition) is 3. The van der Waals surface area contributed by atoms with Crippen LogP contribution >= 0.6 is 0 Å². The maximum absolute atomic E-state index is 12.9. The molecule has 1 heterocycles. The van der Waals surface area contributed by atoms with Crippen LogP contribution in [0.1, 0.15) is 66.0 Å². The van der Waals surface area contributed by atoms with E-state index in [4.69, 9.17) is 11.6 Å². The van der Waals surface area contributed by atoms with E-state index >= 15 is 0 Å². The van der Waals surface area contributed by atoms with E-state index in [1.807, 2.05) is 45.9 Å². The molecule has 0 amide bonds. The Hall–Kier alpha value is -3.03. The summed E-state index contributed by atoms with van der Waals surface area (Å²) in [6, 6.07) is 10.4. The molecule has 0 spiro atoms. The van der Waals surface area contributed by atoms with Crippen molar-refractivity contribution in [1.82, 2.24) is 15.3 Å². The summed E-state index contributed by atoms with van der Waals surface area (Å²) in [6.07, 6.45) is 9.29. The summed E-state index contributed by atoms with van der Waals surface area (Å²) in [5.41, 5.74) is 12.4. The molecule has 0 saturated heterocycles. The molecular weight excluding hydrogens is 451 g/mol. The summed E-state index contributed by atoms with van der Waals surface area (Å²) < 4.78 is 12.9. The summed E-state index contributed by atoms with van der Waals surface area (Å²) in [7, 11) is 0. The lowest BCUT2D eigenvalue weighted by atomic mass is 10.0. The molecule has 36 heavy (non-hydrogen) atoms. The molecule has 0 saturated carbocycles. The number of likely N-dealkylation sites (N-methyl/N-ethyl adjacent to an activating group) is 1. The van der Waals surface area contributed by atoms with Crippen molar-refractivity contribution in [3.8, 4) is 11.1 Å². The molecule has 1 aromatic carbocycles. The van der Waals surface area contributed by atoms with Crippen LogP contribution < -0.4 is 17.0 Å². The number of pyridine rings is 1. The Morgan fingerprint density at radius 1 is 1.08 bits per heavy atom. The summed E-state index contributed by atoms with van der Waals surface area (Å²) >= 11 is 0. The third kappa shape index (κ3) is 12.6. The van der Waals surface area contributed by atoms with E-state index in [1.165, 1.54) is 25.0 Å². The third-order valence-corrected chi connectivity index (χ3v) is 5.26. The van der Waals surface area contributed by atoms with Gasteiger partial charge in [0.15, 0.2) is 0 Å². The number of allylic oxidation sites excluding steroid dienone is 3. The number of aromatic nitrogens is 1. The molecule has 200 valence electrons. The zero-order valence-corrected chi connectivity index (χ0v) is 23.3. The fourth-order valence-corrected chi connectivity index (χ4v) is 3.19. The highest BCUT2D eigenvalue weighted by Gasteiger charge is 2.10. The summed E-state index contributed by atoms with van der Waals surface area (Å²) in [5.74, 6) is 5.98. The number of hydrogen-bond acceptors (Lipinski definition) is 5. The fourth-order valence-electron chi connectivity index (χ4n) is 3.19. The number of benzene rings is 1. The average molecular weight is 499 g/mol. The van der Waals surface area contributed by atoms with Crippen molar-refractivity contribution < 1.29 is 4.39 Å². The molecule has 5 N–H and O–H groups in total. The van der Waals surface area contributed by atoms with Crippen LogP contribution in [-0.2, 0) is 6.42 Å². The third-order valence-electron chi connectivity index (χ3n) is 5.26. The van der Waals surface area contributed by atoms with Crippen molar-refractivity contribution in [3.63, 3.8) is 0 Å². The summed E-state index contributed by atoms with van der Waals surface area (Å²) in [6.45, 7) is 17.2. The van der Waals surface area contributed by atoms with E-state index in [9.17, 15) is 4.39 Å². The van der Waals surface area contributed by atoms with E-state index in [1.54, 1.807) is 6.20 Å². The van der Waals surface area contributed by atoms with Gasteiger partial charge in [-0.25, -0.2) is 15.2 Å². The van der Waals surface area contributed by atoms with Gasteiger partial charge in [-0.1, -0.05) is 64.1 Å². The summed E-state index contributed by atoms with van der Waals surface area (Å²) in [5, 5.41) is 0. The number of nitrogens with zero attached hydrogens (tertiary/aromatic N) is 3. The second-order valence-electron chi connectivity index (χ2n) is 7.83. The monoisotopic (exact) mass is 498 g/mol. The highest BCUT2D eigenvalue weighted by atomic mass is 19.1. The lowest BCUT2D eigenvalue weighted by Crippen LogP contribution is -2.32. The van der Waals surface area contributed by atoms with E-state index in [0.717, 1.165) is 37.2 Å². The SMILES string of the molecule is C/C=C\C.CC.CCCN(CC)CCc1ccc(-c2cnc(N)c(C(=NC/C=C(\C)F)NN)c2)cc1. The van der Waals surface area contributed by atoms with Gasteiger partial charge in [0.1, 0.15) is 11.7 Å². The van der Waals surface area contributed by atoms with E-state index in [0.29, 0.717) is 17.2 Å². The van der Waals surface area contributed by atoms with Gasteiger partial charge >= 0.3 is 0 Å². The topological polar surface area (TPSA) is 92.6 Å². The predicted octanol–water partition coefficient (Wildman–Crippen LogP) is 6.30. The van der Waals surface area contributed by atoms with Gasteiger partial charge in [-0.3, -0.25) is 4.99 Å². The Morgan fingerprint density at radius 3 is 2.22 bits per heavy atom. The molecule has 1 aromatic heterocycles. The molecule has 0 aliphatic rings. The van der Waals surface area contributed by atoms with Crippen molar-refractivity contribution in [2.75, 3.05) is 31.9 Å². The molecule has 0 unspecified atom stereocenters. The van der Waals surface area contributed by atoms with Crippen LogP contribution in [0, 0.1) is 0 Å². The largest absolute Gasteiger partial charge is 0.383 e. The summed E-state index contributed by atoms with van der Waals surface area (Å²) in [4.78, 5) is 11.0. The van der Waals surface area contributed by atoms with E-state index in [-0.39, 0.29) is 12.4 Å². The predicted molar refractivity (Wildman–Crippen MR) is 156 cm³/mol. The number of halogens is 1. The fraction of sp³-hybridized carbons (Fsp3) is 0.448. The Kier molecular flexibility index (Phi) is 18.5. The molecule has 2 rings (SSSR count). The number of rotatable bonds is 10. The first-order valence-electron chi connectivity index (χ1n) is 12.9. The first kappa shape index (κ1) is 33.0. The quantitative estimate of drug-likeness (QED) is 0.118. The number of anilines is 1. The molecule has 0 radical (unpaired) electrons. The van der Waals surface area contributed by atoms with E-state index < -0.39 is 0 Å². The van der Waals surface area contributed by atoms with Gasteiger partial charge in [0.25, 0.3) is 0 Å². The van der Waals surface area contributed by atoms with Gasteiger partial charge in [-0.15, -0.1) is 0 Å². The molecule has 0 atom stereocenters. The van der Waals surface area contributed by atoms with Crippen LogP contribution in [0.15, 0.2) is 65.6 Å². The number of nitrogens with one attached hydrogen (secondary N) is 1. The van der Waals surface area contributed by atoms with Crippen LogP contribution in [0.3, 0.4) is 0 Å². The first-order valence-corrected chi connectivity index (χ1v) is 12.9.